The van der Waals surface area contributed by atoms with Gasteiger partial charge in [0.2, 0.25) is 0 Å². The summed E-state index contributed by atoms with van der Waals surface area (Å²) in [7, 11) is 0. The van der Waals surface area contributed by atoms with Gasteiger partial charge in [-0.05, 0) is 31.2 Å². The summed E-state index contributed by atoms with van der Waals surface area (Å²) in [5.41, 5.74) is 11.5. The number of hydrogen-bond donors (Lipinski definition) is 3. The van der Waals surface area contributed by atoms with E-state index in [0.29, 0.717) is 22.9 Å². The average molecular weight is 481 g/mol. The standard InChI is InChI=1S/C24H20N10S/c1-12-2-3-19(35-12)23-22-15(4-5-27-23)30-24(31-22)21-14-6-16(28-8-17(14)32-33-21)18-7-26-9-20(29-18)34-10-13(25)11-34/h2-9,13H,10-11,25H2,1H3,(H,30,31)(H,32,33). The highest BCUT2D eigenvalue weighted by Gasteiger charge is 2.25. The Morgan fingerprint density at radius 2 is 1.91 bits per heavy atom. The van der Waals surface area contributed by atoms with Gasteiger partial charge >= 0.3 is 0 Å². The highest BCUT2D eigenvalue weighted by molar-refractivity contribution is 7.15. The highest BCUT2D eigenvalue weighted by Crippen LogP contribution is 2.34. The molecule has 0 atom stereocenters. The van der Waals surface area contributed by atoms with E-state index in [2.05, 4.69) is 54.1 Å². The molecular formula is C24H20N10S. The molecule has 1 saturated heterocycles. The Morgan fingerprint density at radius 1 is 1.00 bits per heavy atom. The van der Waals surface area contributed by atoms with Crippen molar-refractivity contribution in [1.82, 2.24) is 40.1 Å². The van der Waals surface area contributed by atoms with Crippen molar-refractivity contribution in [3.05, 3.63) is 53.9 Å². The molecule has 4 N–H and O–H groups in total. The predicted octanol–water partition coefficient (Wildman–Crippen LogP) is 3.54. The third-order valence-corrected chi connectivity index (χ3v) is 7.17. The average Bonchev–Trinajstić information content (AvgIpc) is 3.59. The molecule has 0 amide bonds. The maximum atomic E-state index is 5.92. The largest absolute Gasteiger partial charge is 0.352 e. The molecule has 1 aliphatic rings. The Balaban J connectivity index is 1.31. The number of aromatic nitrogens is 8. The normalized spacial score (nSPS) is 14.2. The van der Waals surface area contributed by atoms with Crippen LogP contribution in [0.5, 0.6) is 0 Å². The van der Waals surface area contributed by atoms with Crippen molar-refractivity contribution in [2.24, 2.45) is 5.73 Å². The lowest BCUT2D eigenvalue weighted by molar-refractivity contribution is 0.514. The van der Waals surface area contributed by atoms with E-state index >= 15 is 0 Å². The van der Waals surface area contributed by atoms with Crippen molar-refractivity contribution in [2.45, 2.75) is 13.0 Å². The van der Waals surface area contributed by atoms with Gasteiger partial charge in [0.1, 0.15) is 28.4 Å². The Labute approximate surface area is 203 Å². The number of hydrogen-bond acceptors (Lipinski definition) is 9. The molecule has 7 rings (SSSR count). The number of imidazole rings is 1. The number of H-pyrrole nitrogens is 2. The molecular weight excluding hydrogens is 460 g/mol. The molecule has 1 aliphatic heterocycles. The highest BCUT2D eigenvalue weighted by atomic mass is 32.1. The molecule has 7 heterocycles. The minimum Gasteiger partial charge on any atom is -0.352 e. The fraction of sp³-hybridized carbons (Fsp3) is 0.167. The van der Waals surface area contributed by atoms with E-state index in [-0.39, 0.29) is 6.04 Å². The Morgan fingerprint density at radius 3 is 2.74 bits per heavy atom. The summed E-state index contributed by atoms with van der Waals surface area (Å²) >= 11 is 1.70. The van der Waals surface area contributed by atoms with Crippen LogP contribution in [-0.4, -0.2) is 59.2 Å². The zero-order valence-electron chi connectivity index (χ0n) is 18.7. The molecule has 35 heavy (non-hydrogen) atoms. The molecule has 0 aliphatic carbocycles. The molecule has 0 bridgehead atoms. The first-order chi connectivity index (χ1) is 17.1. The first-order valence-corrected chi connectivity index (χ1v) is 12.0. The summed E-state index contributed by atoms with van der Waals surface area (Å²) in [4.78, 5) is 31.1. The van der Waals surface area contributed by atoms with Crippen LogP contribution in [0.2, 0.25) is 0 Å². The Bertz CT molecular complexity index is 1710. The third-order valence-electron chi connectivity index (χ3n) is 6.16. The van der Waals surface area contributed by atoms with Gasteiger partial charge in [0.15, 0.2) is 5.82 Å². The second-order valence-electron chi connectivity index (χ2n) is 8.67. The summed E-state index contributed by atoms with van der Waals surface area (Å²) in [5.74, 6) is 1.47. The summed E-state index contributed by atoms with van der Waals surface area (Å²) < 4.78 is 0. The number of nitrogens with one attached hydrogen (secondary N) is 2. The van der Waals surface area contributed by atoms with Crippen LogP contribution in [-0.2, 0) is 0 Å². The summed E-state index contributed by atoms with van der Waals surface area (Å²) in [6.45, 7) is 3.65. The van der Waals surface area contributed by atoms with Gasteiger partial charge in [-0.1, -0.05) is 0 Å². The van der Waals surface area contributed by atoms with Crippen molar-refractivity contribution < 1.29 is 0 Å². The minimum atomic E-state index is 0.187. The smallest absolute Gasteiger partial charge is 0.159 e. The molecule has 0 spiro atoms. The van der Waals surface area contributed by atoms with Crippen LogP contribution in [0.3, 0.4) is 0 Å². The SMILES string of the molecule is Cc1ccc(-c2nccc3[nH]c(-c4n[nH]c5cnc(-c6cncc(N7CC(N)C7)n6)cc45)nc23)s1. The molecule has 0 saturated carbocycles. The van der Waals surface area contributed by atoms with Crippen molar-refractivity contribution in [3.63, 3.8) is 0 Å². The number of nitrogens with two attached hydrogens (primary N) is 1. The second kappa shape index (κ2) is 7.65. The third kappa shape index (κ3) is 3.35. The van der Waals surface area contributed by atoms with Gasteiger partial charge in [0.25, 0.3) is 0 Å². The number of aryl methyl sites for hydroxylation is 1. The molecule has 6 aromatic heterocycles. The van der Waals surface area contributed by atoms with Gasteiger partial charge in [-0.25, -0.2) is 9.97 Å². The van der Waals surface area contributed by atoms with Crippen LogP contribution in [0.15, 0.2) is 49.1 Å². The molecule has 172 valence electrons. The van der Waals surface area contributed by atoms with Gasteiger partial charge in [-0.15, -0.1) is 11.3 Å². The molecule has 1 fully saturated rings. The number of pyridine rings is 2. The summed E-state index contributed by atoms with van der Waals surface area (Å²) in [6, 6.07) is 8.27. The van der Waals surface area contributed by atoms with E-state index < -0.39 is 0 Å². The maximum Gasteiger partial charge on any atom is 0.159 e. The van der Waals surface area contributed by atoms with E-state index in [1.165, 1.54) is 4.88 Å². The van der Waals surface area contributed by atoms with E-state index in [9.17, 15) is 0 Å². The van der Waals surface area contributed by atoms with Crippen LogP contribution < -0.4 is 10.6 Å². The monoisotopic (exact) mass is 480 g/mol. The number of thiophene rings is 1. The lowest BCUT2D eigenvalue weighted by atomic mass is 10.1. The molecule has 10 nitrogen and oxygen atoms in total. The fourth-order valence-electron chi connectivity index (χ4n) is 4.36. The lowest BCUT2D eigenvalue weighted by Gasteiger charge is -2.37. The first-order valence-electron chi connectivity index (χ1n) is 11.2. The van der Waals surface area contributed by atoms with Crippen molar-refractivity contribution >= 4 is 39.1 Å². The number of rotatable bonds is 4. The quantitative estimate of drug-likeness (QED) is 0.348. The van der Waals surface area contributed by atoms with Crippen LogP contribution in [0.1, 0.15) is 4.88 Å². The molecule has 11 heteroatoms. The van der Waals surface area contributed by atoms with Crippen LogP contribution in [0.4, 0.5) is 5.82 Å². The van der Waals surface area contributed by atoms with E-state index in [1.807, 2.05) is 12.1 Å². The van der Waals surface area contributed by atoms with Gasteiger partial charge < -0.3 is 15.6 Å². The van der Waals surface area contributed by atoms with Crippen LogP contribution in [0, 0.1) is 6.92 Å². The number of anilines is 1. The van der Waals surface area contributed by atoms with Crippen molar-refractivity contribution in [2.75, 3.05) is 18.0 Å². The lowest BCUT2D eigenvalue weighted by Crippen LogP contribution is -2.56. The van der Waals surface area contributed by atoms with Crippen molar-refractivity contribution in [3.8, 4) is 33.5 Å². The number of nitrogens with zero attached hydrogens (tertiary/aromatic N) is 7. The summed E-state index contributed by atoms with van der Waals surface area (Å²) in [5, 5.41) is 8.51. The van der Waals surface area contributed by atoms with E-state index in [0.717, 1.165) is 51.4 Å². The van der Waals surface area contributed by atoms with Crippen LogP contribution in [0.25, 0.3) is 55.4 Å². The number of aromatic amines is 2. The van der Waals surface area contributed by atoms with Gasteiger partial charge in [-0.2, -0.15) is 5.10 Å². The van der Waals surface area contributed by atoms with E-state index in [1.54, 1.807) is 36.1 Å². The van der Waals surface area contributed by atoms with Crippen molar-refractivity contribution in [1.29, 1.82) is 0 Å². The van der Waals surface area contributed by atoms with E-state index in [4.69, 9.17) is 15.7 Å². The number of fused-ring (bicyclic) bond motifs is 2. The topological polar surface area (TPSA) is 138 Å². The minimum absolute atomic E-state index is 0.187. The Kier molecular flexibility index (Phi) is 4.41. The second-order valence-corrected chi connectivity index (χ2v) is 9.95. The predicted molar refractivity (Wildman–Crippen MR) is 136 cm³/mol. The molecule has 0 unspecified atom stereocenters. The first kappa shape index (κ1) is 20.2. The molecule has 6 aromatic rings. The fourth-order valence-corrected chi connectivity index (χ4v) is 5.22. The van der Waals surface area contributed by atoms with Gasteiger partial charge in [-0.3, -0.25) is 20.1 Å². The maximum absolute atomic E-state index is 5.92. The Hall–Kier alpha value is -4.22. The molecule has 0 aromatic carbocycles. The molecule has 0 radical (unpaired) electrons. The zero-order valence-corrected chi connectivity index (χ0v) is 19.5. The van der Waals surface area contributed by atoms with Gasteiger partial charge in [0.05, 0.1) is 40.2 Å². The zero-order chi connectivity index (χ0) is 23.5. The van der Waals surface area contributed by atoms with Gasteiger partial charge in [0, 0.05) is 35.6 Å². The summed E-state index contributed by atoms with van der Waals surface area (Å²) in [6.07, 6.45) is 7.04. The van der Waals surface area contributed by atoms with Crippen LogP contribution >= 0.6 is 11.3 Å².